The lowest BCUT2D eigenvalue weighted by Crippen LogP contribution is -2.48. The first-order valence-electron chi connectivity index (χ1n) is 11.0. The lowest BCUT2D eigenvalue weighted by molar-refractivity contribution is -0.148. The van der Waals surface area contributed by atoms with Crippen molar-refractivity contribution >= 4 is 17.4 Å². The third-order valence-electron chi connectivity index (χ3n) is 6.43. The Balaban J connectivity index is 1.42. The Kier molecular flexibility index (Phi) is 7.03. The molecule has 1 fully saturated rings. The molecule has 0 spiro atoms. The van der Waals surface area contributed by atoms with Crippen molar-refractivity contribution in [1.29, 1.82) is 0 Å². The fourth-order valence-corrected chi connectivity index (χ4v) is 4.67. The van der Waals surface area contributed by atoms with Crippen LogP contribution in [0.3, 0.4) is 0 Å². The van der Waals surface area contributed by atoms with E-state index < -0.39 is 35.5 Å². The molecular weight excluding hydrogens is 430 g/mol. The van der Waals surface area contributed by atoms with Crippen LogP contribution in [-0.4, -0.2) is 41.1 Å². The standard InChI is InChI=1S/C25H26F2N2O4/c26-22-9-7-19(15-23(22)27)33-18-6-8-20(21(14-18)24(30)28-32)25(31)29-12-10-17(11-13-29)16-4-2-1-3-5-16/h1-5,7,9-10,15,18,20-21,32H,6,8,11-14H2,(H,28,30)/t18-,20-,21-/m1/s1. The van der Waals surface area contributed by atoms with Crippen molar-refractivity contribution in [1.82, 2.24) is 10.4 Å². The summed E-state index contributed by atoms with van der Waals surface area (Å²) < 4.78 is 32.4. The molecule has 2 amide bonds. The first-order valence-corrected chi connectivity index (χ1v) is 11.0. The number of amides is 2. The van der Waals surface area contributed by atoms with E-state index in [4.69, 9.17) is 4.74 Å². The number of carbonyl (C=O) groups is 2. The molecule has 0 aromatic heterocycles. The summed E-state index contributed by atoms with van der Waals surface area (Å²) in [5.41, 5.74) is 3.99. The van der Waals surface area contributed by atoms with Crippen molar-refractivity contribution in [3.05, 3.63) is 71.8 Å². The van der Waals surface area contributed by atoms with Crippen molar-refractivity contribution in [2.24, 2.45) is 11.8 Å². The van der Waals surface area contributed by atoms with Crippen LogP contribution in [0, 0.1) is 23.5 Å². The fraction of sp³-hybridized carbons (Fsp3) is 0.360. The van der Waals surface area contributed by atoms with Gasteiger partial charge in [0, 0.05) is 19.2 Å². The maximum Gasteiger partial charge on any atom is 0.247 e. The molecule has 2 aliphatic rings. The van der Waals surface area contributed by atoms with Crippen LogP contribution >= 0.6 is 0 Å². The van der Waals surface area contributed by atoms with E-state index in [0.717, 1.165) is 24.1 Å². The summed E-state index contributed by atoms with van der Waals surface area (Å²) >= 11 is 0. The molecule has 1 aliphatic carbocycles. The molecule has 2 aromatic rings. The molecule has 0 radical (unpaired) electrons. The van der Waals surface area contributed by atoms with Gasteiger partial charge in [0.05, 0.1) is 17.9 Å². The van der Waals surface area contributed by atoms with E-state index >= 15 is 0 Å². The van der Waals surface area contributed by atoms with Gasteiger partial charge in [-0.1, -0.05) is 36.4 Å². The molecule has 33 heavy (non-hydrogen) atoms. The van der Waals surface area contributed by atoms with Gasteiger partial charge in [0.2, 0.25) is 11.8 Å². The summed E-state index contributed by atoms with van der Waals surface area (Å²) in [5.74, 6) is -3.99. The molecule has 1 aliphatic heterocycles. The van der Waals surface area contributed by atoms with E-state index in [1.807, 2.05) is 36.4 Å². The van der Waals surface area contributed by atoms with Crippen LogP contribution in [0.1, 0.15) is 31.2 Å². The topological polar surface area (TPSA) is 78.9 Å². The number of halogens is 2. The van der Waals surface area contributed by atoms with Gasteiger partial charge in [-0.05, 0) is 49.0 Å². The molecular formula is C25H26F2N2O4. The van der Waals surface area contributed by atoms with E-state index in [1.165, 1.54) is 11.6 Å². The van der Waals surface area contributed by atoms with Crippen molar-refractivity contribution < 1.29 is 28.3 Å². The molecule has 0 saturated heterocycles. The van der Waals surface area contributed by atoms with E-state index in [1.54, 1.807) is 10.4 Å². The minimum atomic E-state index is -1.02. The van der Waals surface area contributed by atoms with Gasteiger partial charge >= 0.3 is 0 Å². The second-order valence-corrected chi connectivity index (χ2v) is 8.45. The second-order valence-electron chi connectivity index (χ2n) is 8.45. The molecule has 174 valence electrons. The molecule has 0 bridgehead atoms. The first-order chi connectivity index (χ1) is 16.0. The highest BCUT2D eigenvalue weighted by Gasteiger charge is 2.42. The number of hydrogen-bond acceptors (Lipinski definition) is 4. The minimum Gasteiger partial charge on any atom is -0.490 e. The Morgan fingerprint density at radius 1 is 1.03 bits per heavy atom. The van der Waals surface area contributed by atoms with Gasteiger partial charge in [0.25, 0.3) is 0 Å². The monoisotopic (exact) mass is 456 g/mol. The molecule has 1 saturated carbocycles. The number of rotatable bonds is 5. The van der Waals surface area contributed by atoms with Gasteiger partial charge < -0.3 is 9.64 Å². The molecule has 6 nitrogen and oxygen atoms in total. The summed E-state index contributed by atoms with van der Waals surface area (Å²) in [7, 11) is 0. The van der Waals surface area contributed by atoms with Gasteiger partial charge in [-0.3, -0.25) is 14.8 Å². The average molecular weight is 456 g/mol. The summed E-state index contributed by atoms with van der Waals surface area (Å²) in [4.78, 5) is 27.4. The zero-order valence-corrected chi connectivity index (χ0v) is 18.0. The third kappa shape index (κ3) is 5.22. The summed E-state index contributed by atoms with van der Waals surface area (Å²) in [6.07, 6.45) is 3.34. The SMILES string of the molecule is O=C(NO)[C@@H]1C[C@H](Oc2ccc(F)c(F)c2)CC[C@H]1C(=O)N1CC=C(c2ccccc2)CC1. The molecule has 1 heterocycles. The largest absolute Gasteiger partial charge is 0.490 e. The molecule has 4 rings (SSSR count). The molecule has 8 heteroatoms. The van der Waals surface area contributed by atoms with Crippen LogP contribution in [0.25, 0.3) is 5.57 Å². The number of benzene rings is 2. The fourth-order valence-electron chi connectivity index (χ4n) is 4.67. The molecule has 3 atom stereocenters. The Morgan fingerprint density at radius 3 is 2.48 bits per heavy atom. The van der Waals surface area contributed by atoms with Crippen molar-refractivity contribution in [3.63, 3.8) is 0 Å². The number of carbonyl (C=O) groups excluding carboxylic acids is 2. The van der Waals surface area contributed by atoms with Crippen LogP contribution in [0.2, 0.25) is 0 Å². The number of ether oxygens (including phenoxy) is 1. The van der Waals surface area contributed by atoms with Crippen LogP contribution in [0.4, 0.5) is 8.78 Å². The number of hydrogen-bond donors (Lipinski definition) is 2. The van der Waals surface area contributed by atoms with Gasteiger partial charge in [-0.15, -0.1) is 0 Å². The van der Waals surface area contributed by atoms with Gasteiger partial charge in [-0.25, -0.2) is 14.3 Å². The Hall–Kier alpha value is -3.26. The predicted octanol–water partition coefficient (Wildman–Crippen LogP) is 3.95. The smallest absolute Gasteiger partial charge is 0.247 e. The zero-order chi connectivity index (χ0) is 23.4. The Labute approximate surface area is 190 Å². The van der Waals surface area contributed by atoms with E-state index in [0.29, 0.717) is 25.9 Å². The number of nitrogens with one attached hydrogen (secondary N) is 1. The predicted molar refractivity (Wildman–Crippen MR) is 117 cm³/mol. The van der Waals surface area contributed by atoms with Crippen molar-refractivity contribution in [3.8, 4) is 5.75 Å². The van der Waals surface area contributed by atoms with Gasteiger partial charge in [0.1, 0.15) is 5.75 Å². The quantitative estimate of drug-likeness (QED) is 0.528. The number of nitrogens with zero attached hydrogens (tertiary/aromatic N) is 1. The van der Waals surface area contributed by atoms with Crippen LogP contribution in [0.5, 0.6) is 5.75 Å². The van der Waals surface area contributed by atoms with Gasteiger partial charge in [-0.2, -0.15) is 0 Å². The van der Waals surface area contributed by atoms with E-state index in [2.05, 4.69) is 0 Å². The summed E-state index contributed by atoms with van der Waals surface area (Å²) in [6, 6.07) is 13.3. The van der Waals surface area contributed by atoms with E-state index in [9.17, 15) is 23.6 Å². The highest BCUT2D eigenvalue weighted by atomic mass is 19.2. The number of hydroxylamine groups is 1. The normalized spacial score (nSPS) is 22.9. The molecule has 2 aromatic carbocycles. The minimum absolute atomic E-state index is 0.127. The van der Waals surface area contributed by atoms with Crippen molar-refractivity contribution in [2.45, 2.75) is 31.8 Å². The maximum atomic E-state index is 13.5. The highest BCUT2D eigenvalue weighted by molar-refractivity contribution is 5.88. The van der Waals surface area contributed by atoms with Gasteiger partial charge in [0.15, 0.2) is 11.6 Å². The maximum absolute atomic E-state index is 13.5. The van der Waals surface area contributed by atoms with Crippen molar-refractivity contribution in [2.75, 3.05) is 13.1 Å². The molecule has 2 N–H and O–H groups in total. The van der Waals surface area contributed by atoms with Crippen LogP contribution in [0.15, 0.2) is 54.6 Å². The Morgan fingerprint density at radius 2 is 1.82 bits per heavy atom. The highest BCUT2D eigenvalue weighted by Crippen LogP contribution is 2.35. The first kappa shape index (κ1) is 22.9. The van der Waals surface area contributed by atoms with Crippen LogP contribution in [-0.2, 0) is 9.59 Å². The Bertz CT molecular complexity index is 1040. The summed E-state index contributed by atoms with van der Waals surface area (Å²) in [6.45, 7) is 1.01. The summed E-state index contributed by atoms with van der Waals surface area (Å²) in [5, 5.41) is 9.23. The average Bonchev–Trinajstić information content (AvgIpc) is 2.86. The lowest BCUT2D eigenvalue weighted by Gasteiger charge is -2.37. The van der Waals surface area contributed by atoms with Crippen LogP contribution < -0.4 is 10.2 Å². The second kappa shape index (κ2) is 10.1. The zero-order valence-electron chi connectivity index (χ0n) is 18.0. The van der Waals surface area contributed by atoms with E-state index in [-0.39, 0.29) is 18.1 Å². The molecule has 0 unspecified atom stereocenters. The lowest BCUT2D eigenvalue weighted by atomic mass is 9.76. The third-order valence-corrected chi connectivity index (χ3v) is 6.43.